The molecule has 1 aromatic rings. The SMILES string of the molecule is CN(CC(N)=NO)C(=O)c1ccccc1C(F)(F)F. The van der Waals surface area contributed by atoms with Crippen LogP contribution in [-0.4, -0.2) is 35.4 Å². The van der Waals surface area contributed by atoms with Crippen molar-refractivity contribution >= 4 is 11.7 Å². The van der Waals surface area contributed by atoms with Gasteiger partial charge < -0.3 is 15.8 Å². The zero-order chi connectivity index (χ0) is 14.6. The van der Waals surface area contributed by atoms with E-state index in [2.05, 4.69) is 5.16 Å². The summed E-state index contributed by atoms with van der Waals surface area (Å²) in [6.45, 7) is -0.276. The van der Waals surface area contributed by atoms with Crippen molar-refractivity contribution in [1.29, 1.82) is 0 Å². The molecule has 0 aliphatic heterocycles. The van der Waals surface area contributed by atoms with Crippen LogP contribution in [0.5, 0.6) is 0 Å². The predicted molar refractivity (Wildman–Crippen MR) is 61.8 cm³/mol. The topological polar surface area (TPSA) is 78.9 Å². The van der Waals surface area contributed by atoms with E-state index in [0.717, 1.165) is 17.0 Å². The molecule has 0 fully saturated rings. The first-order valence-electron chi connectivity index (χ1n) is 5.15. The van der Waals surface area contributed by atoms with Gasteiger partial charge >= 0.3 is 6.18 Å². The number of halogens is 3. The maximum absolute atomic E-state index is 12.7. The number of nitrogens with zero attached hydrogens (tertiary/aromatic N) is 2. The predicted octanol–water partition coefficient (Wildman–Crippen LogP) is 1.52. The molecule has 0 saturated carbocycles. The zero-order valence-electron chi connectivity index (χ0n) is 9.98. The van der Waals surface area contributed by atoms with Crippen LogP contribution >= 0.6 is 0 Å². The fourth-order valence-corrected chi connectivity index (χ4v) is 1.47. The Hall–Kier alpha value is -2.25. The molecule has 0 radical (unpaired) electrons. The molecule has 3 N–H and O–H groups in total. The molecule has 0 unspecified atom stereocenters. The summed E-state index contributed by atoms with van der Waals surface area (Å²) in [7, 11) is 1.26. The second kappa shape index (κ2) is 5.59. The molecule has 19 heavy (non-hydrogen) atoms. The van der Waals surface area contributed by atoms with Crippen LogP contribution in [0.15, 0.2) is 29.4 Å². The van der Waals surface area contributed by atoms with E-state index in [4.69, 9.17) is 10.9 Å². The molecule has 0 aliphatic rings. The van der Waals surface area contributed by atoms with E-state index in [1.165, 1.54) is 19.2 Å². The number of carbonyl (C=O) groups excluding carboxylic acids is 1. The highest BCUT2D eigenvalue weighted by molar-refractivity contribution is 5.98. The van der Waals surface area contributed by atoms with Crippen LogP contribution in [0.3, 0.4) is 0 Å². The van der Waals surface area contributed by atoms with Gasteiger partial charge in [0, 0.05) is 7.05 Å². The molecule has 0 aromatic heterocycles. The first kappa shape index (κ1) is 14.8. The number of hydrogen-bond donors (Lipinski definition) is 2. The quantitative estimate of drug-likeness (QED) is 0.380. The Labute approximate surface area is 107 Å². The molecule has 0 heterocycles. The first-order valence-corrected chi connectivity index (χ1v) is 5.15. The van der Waals surface area contributed by atoms with Crippen LogP contribution < -0.4 is 5.73 Å². The van der Waals surface area contributed by atoms with Gasteiger partial charge in [0.2, 0.25) is 0 Å². The number of carbonyl (C=O) groups is 1. The largest absolute Gasteiger partial charge is 0.417 e. The molecule has 104 valence electrons. The molecule has 0 atom stereocenters. The number of alkyl halides is 3. The lowest BCUT2D eigenvalue weighted by Crippen LogP contribution is -2.36. The van der Waals surface area contributed by atoms with Gasteiger partial charge in [-0.2, -0.15) is 13.2 Å². The highest BCUT2D eigenvalue weighted by Gasteiger charge is 2.35. The van der Waals surface area contributed by atoms with E-state index in [1.54, 1.807) is 0 Å². The number of hydrogen-bond acceptors (Lipinski definition) is 3. The van der Waals surface area contributed by atoms with Gasteiger partial charge in [0.15, 0.2) is 5.84 Å². The van der Waals surface area contributed by atoms with E-state index in [0.29, 0.717) is 0 Å². The average molecular weight is 275 g/mol. The highest BCUT2D eigenvalue weighted by atomic mass is 19.4. The maximum atomic E-state index is 12.7. The number of amidine groups is 1. The number of oxime groups is 1. The van der Waals surface area contributed by atoms with E-state index in [-0.39, 0.29) is 12.4 Å². The highest BCUT2D eigenvalue weighted by Crippen LogP contribution is 2.32. The summed E-state index contributed by atoms with van der Waals surface area (Å²) in [6.07, 6.45) is -4.62. The van der Waals surface area contributed by atoms with Crippen LogP contribution in [0.1, 0.15) is 15.9 Å². The molecule has 0 bridgehead atoms. The van der Waals surface area contributed by atoms with Crippen LogP contribution in [0.25, 0.3) is 0 Å². The molecular weight excluding hydrogens is 263 g/mol. The van der Waals surface area contributed by atoms with Crippen LogP contribution in [-0.2, 0) is 6.18 Å². The van der Waals surface area contributed by atoms with Crippen molar-refractivity contribution < 1.29 is 23.2 Å². The third kappa shape index (κ3) is 3.60. The van der Waals surface area contributed by atoms with Crippen molar-refractivity contribution in [1.82, 2.24) is 4.90 Å². The molecular formula is C11H12F3N3O2. The lowest BCUT2D eigenvalue weighted by atomic mass is 10.1. The van der Waals surface area contributed by atoms with Crippen molar-refractivity contribution in [3.63, 3.8) is 0 Å². The standard InChI is InChI=1S/C11H12F3N3O2/c1-17(6-9(15)16-19)10(18)7-4-2-3-5-8(7)11(12,13)14/h2-5,19H,6H2,1H3,(H2,15,16). The average Bonchev–Trinajstić information content (AvgIpc) is 2.36. The first-order chi connectivity index (χ1) is 8.77. The number of likely N-dealkylation sites (N-methyl/N-ethyl adjacent to an activating group) is 1. The molecule has 1 amide bonds. The van der Waals surface area contributed by atoms with E-state index >= 15 is 0 Å². The summed E-state index contributed by atoms with van der Waals surface area (Å²) in [6, 6.07) is 4.43. The summed E-state index contributed by atoms with van der Waals surface area (Å²) < 4.78 is 38.2. The fraction of sp³-hybridized carbons (Fsp3) is 0.273. The van der Waals surface area contributed by atoms with Gasteiger partial charge in [0.05, 0.1) is 17.7 Å². The van der Waals surface area contributed by atoms with Crippen molar-refractivity contribution in [2.75, 3.05) is 13.6 Å². The molecule has 0 aliphatic carbocycles. The van der Waals surface area contributed by atoms with Crippen molar-refractivity contribution in [2.45, 2.75) is 6.18 Å². The Morgan fingerprint density at radius 2 is 2.00 bits per heavy atom. The van der Waals surface area contributed by atoms with Crippen LogP contribution in [0.2, 0.25) is 0 Å². The number of amides is 1. The minimum atomic E-state index is -4.62. The summed E-state index contributed by atoms with van der Waals surface area (Å²) in [5, 5.41) is 11.0. The lowest BCUT2D eigenvalue weighted by molar-refractivity contribution is -0.138. The van der Waals surface area contributed by atoms with Gasteiger partial charge in [-0.3, -0.25) is 4.79 Å². The summed E-state index contributed by atoms with van der Waals surface area (Å²) in [5.74, 6) is -1.14. The lowest BCUT2D eigenvalue weighted by Gasteiger charge is -2.19. The van der Waals surface area contributed by atoms with Gasteiger partial charge in [0.1, 0.15) is 0 Å². The Balaban J connectivity index is 3.07. The summed E-state index contributed by atoms with van der Waals surface area (Å²) in [4.78, 5) is 12.8. The van der Waals surface area contributed by atoms with E-state index in [9.17, 15) is 18.0 Å². The van der Waals surface area contributed by atoms with Gasteiger partial charge in [0.25, 0.3) is 5.91 Å². The number of nitrogens with two attached hydrogens (primary N) is 1. The Morgan fingerprint density at radius 3 is 2.53 bits per heavy atom. The Kier molecular flexibility index (Phi) is 4.36. The molecule has 1 aromatic carbocycles. The minimum absolute atomic E-state index is 0.276. The van der Waals surface area contributed by atoms with Gasteiger partial charge in [-0.1, -0.05) is 17.3 Å². The normalized spacial score (nSPS) is 12.3. The van der Waals surface area contributed by atoms with Gasteiger partial charge in [-0.05, 0) is 12.1 Å². The summed E-state index contributed by atoms with van der Waals surface area (Å²) in [5.41, 5.74) is 3.69. The van der Waals surface area contributed by atoms with E-state index < -0.39 is 23.2 Å². The molecule has 8 heteroatoms. The fourth-order valence-electron chi connectivity index (χ4n) is 1.47. The smallest absolute Gasteiger partial charge is 0.409 e. The maximum Gasteiger partial charge on any atom is 0.417 e. The van der Waals surface area contributed by atoms with E-state index in [1.807, 2.05) is 0 Å². The monoisotopic (exact) mass is 275 g/mol. The third-order valence-corrected chi connectivity index (χ3v) is 2.34. The van der Waals surface area contributed by atoms with Crippen molar-refractivity contribution in [3.05, 3.63) is 35.4 Å². The molecule has 1 rings (SSSR count). The zero-order valence-corrected chi connectivity index (χ0v) is 9.98. The van der Waals surface area contributed by atoms with Gasteiger partial charge in [-0.15, -0.1) is 0 Å². The molecule has 0 spiro atoms. The number of rotatable bonds is 3. The van der Waals surface area contributed by atoms with Crippen molar-refractivity contribution in [2.24, 2.45) is 10.9 Å². The molecule has 0 saturated heterocycles. The minimum Gasteiger partial charge on any atom is -0.409 e. The second-order valence-electron chi connectivity index (χ2n) is 3.80. The Morgan fingerprint density at radius 1 is 1.42 bits per heavy atom. The number of benzene rings is 1. The van der Waals surface area contributed by atoms with Gasteiger partial charge in [-0.25, -0.2) is 0 Å². The van der Waals surface area contributed by atoms with Crippen LogP contribution in [0.4, 0.5) is 13.2 Å². The van der Waals surface area contributed by atoms with Crippen LogP contribution in [0, 0.1) is 0 Å². The Bertz CT molecular complexity index is 500. The third-order valence-electron chi connectivity index (χ3n) is 2.34. The van der Waals surface area contributed by atoms with Crippen molar-refractivity contribution in [3.8, 4) is 0 Å². The molecule has 5 nitrogen and oxygen atoms in total. The second-order valence-corrected chi connectivity index (χ2v) is 3.80. The summed E-state index contributed by atoms with van der Waals surface area (Å²) >= 11 is 0.